The normalized spacial score (nSPS) is 16.2. The van der Waals surface area contributed by atoms with E-state index < -0.39 is 0 Å². The number of hydrogen-bond donors (Lipinski definition) is 1. The maximum Gasteiger partial charge on any atom is 0.221 e. The quantitative estimate of drug-likeness (QED) is 0.696. The lowest BCUT2D eigenvalue weighted by molar-refractivity contribution is -0.120. The van der Waals surface area contributed by atoms with Gasteiger partial charge in [0.05, 0.1) is 12.4 Å². The summed E-state index contributed by atoms with van der Waals surface area (Å²) in [6, 6.07) is 1.92. The molecule has 2 heterocycles. The molecule has 1 aromatic heterocycles. The zero-order valence-electron chi connectivity index (χ0n) is 8.68. The Bertz CT molecular complexity index is 422. The van der Waals surface area contributed by atoms with Crippen molar-refractivity contribution in [3.8, 4) is 6.07 Å². The van der Waals surface area contributed by atoms with Crippen molar-refractivity contribution in [2.75, 3.05) is 24.5 Å². The highest BCUT2D eigenvalue weighted by atomic mass is 16.1. The van der Waals surface area contributed by atoms with E-state index in [1.54, 1.807) is 6.20 Å². The maximum absolute atomic E-state index is 11.1. The summed E-state index contributed by atoms with van der Waals surface area (Å²) in [6.45, 7) is 1.96. The van der Waals surface area contributed by atoms with Crippen molar-refractivity contribution in [3.63, 3.8) is 0 Å². The van der Waals surface area contributed by atoms with Crippen molar-refractivity contribution in [1.82, 2.24) is 15.3 Å². The average Bonchev–Trinajstić information content (AvgIpc) is 2.54. The minimum atomic E-state index is 0.0594. The molecule has 6 nitrogen and oxygen atoms in total. The van der Waals surface area contributed by atoms with Gasteiger partial charge >= 0.3 is 0 Å². The standard InChI is InChI=1S/C10H11N5O/c11-5-8-6-14-9(7-13-8)15-3-1-10(16)12-2-4-15/h6-7H,1-4H2,(H,12,16). The van der Waals surface area contributed by atoms with E-state index in [1.165, 1.54) is 6.20 Å². The number of anilines is 1. The van der Waals surface area contributed by atoms with Gasteiger partial charge in [0.2, 0.25) is 5.91 Å². The number of amides is 1. The molecule has 0 saturated carbocycles. The fourth-order valence-electron chi connectivity index (χ4n) is 1.54. The third kappa shape index (κ3) is 2.25. The van der Waals surface area contributed by atoms with Crippen LogP contribution in [0.25, 0.3) is 0 Å². The molecule has 0 aromatic carbocycles. The van der Waals surface area contributed by atoms with Crippen LogP contribution in [-0.2, 0) is 4.79 Å². The van der Waals surface area contributed by atoms with E-state index >= 15 is 0 Å². The number of carbonyl (C=O) groups is 1. The molecule has 1 amide bonds. The summed E-state index contributed by atoms with van der Waals surface area (Å²) < 4.78 is 0. The molecule has 2 rings (SSSR count). The third-order valence-corrected chi connectivity index (χ3v) is 2.39. The first kappa shape index (κ1) is 10.4. The predicted octanol–water partition coefficient (Wildman–Crippen LogP) is -0.325. The summed E-state index contributed by atoms with van der Waals surface area (Å²) in [4.78, 5) is 21.2. The molecular formula is C10H11N5O. The molecule has 0 radical (unpaired) electrons. The highest BCUT2D eigenvalue weighted by molar-refractivity contribution is 5.77. The summed E-state index contributed by atoms with van der Waals surface area (Å²) in [5, 5.41) is 11.4. The minimum Gasteiger partial charge on any atom is -0.354 e. The van der Waals surface area contributed by atoms with Gasteiger partial charge in [-0.05, 0) is 0 Å². The maximum atomic E-state index is 11.1. The van der Waals surface area contributed by atoms with Crippen molar-refractivity contribution in [2.24, 2.45) is 0 Å². The summed E-state index contributed by atoms with van der Waals surface area (Å²) in [5.41, 5.74) is 0.299. The molecule has 1 saturated heterocycles. The topological polar surface area (TPSA) is 81.9 Å². The Labute approximate surface area is 92.9 Å². The number of aromatic nitrogens is 2. The van der Waals surface area contributed by atoms with E-state index in [0.29, 0.717) is 37.6 Å². The summed E-state index contributed by atoms with van der Waals surface area (Å²) in [7, 11) is 0. The predicted molar refractivity (Wildman–Crippen MR) is 56.6 cm³/mol. The van der Waals surface area contributed by atoms with Crippen LogP contribution in [0, 0.1) is 11.3 Å². The van der Waals surface area contributed by atoms with Crippen molar-refractivity contribution in [2.45, 2.75) is 6.42 Å². The molecular weight excluding hydrogens is 206 g/mol. The number of nitrogens with zero attached hydrogens (tertiary/aromatic N) is 4. The number of nitriles is 1. The van der Waals surface area contributed by atoms with Crippen molar-refractivity contribution < 1.29 is 4.79 Å². The van der Waals surface area contributed by atoms with Crippen LogP contribution in [0.5, 0.6) is 0 Å². The van der Waals surface area contributed by atoms with Gasteiger partial charge in [-0.15, -0.1) is 0 Å². The van der Waals surface area contributed by atoms with Gasteiger partial charge in [0.15, 0.2) is 5.69 Å². The molecule has 0 atom stereocenters. The number of nitrogens with one attached hydrogen (secondary N) is 1. The van der Waals surface area contributed by atoms with Crippen LogP contribution < -0.4 is 10.2 Å². The highest BCUT2D eigenvalue weighted by Gasteiger charge is 2.14. The van der Waals surface area contributed by atoms with Gasteiger partial charge < -0.3 is 10.2 Å². The Morgan fingerprint density at radius 3 is 2.94 bits per heavy atom. The summed E-state index contributed by atoms with van der Waals surface area (Å²) in [6.07, 6.45) is 3.46. The Hall–Kier alpha value is -2.16. The van der Waals surface area contributed by atoms with Crippen LogP contribution in [0.3, 0.4) is 0 Å². The van der Waals surface area contributed by atoms with Crippen molar-refractivity contribution in [3.05, 3.63) is 18.1 Å². The lowest BCUT2D eigenvalue weighted by atomic mass is 10.4. The second kappa shape index (κ2) is 4.57. The van der Waals surface area contributed by atoms with Crippen LogP contribution in [0.2, 0.25) is 0 Å². The van der Waals surface area contributed by atoms with Crippen LogP contribution in [0.1, 0.15) is 12.1 Å². The Morgan fingerprint density at radius 2 is 2.25 bits per heavy atom. The second-order valence-corrected chi connectivity index (χ2v) is 3.46. The largest absolute Gasteiger partial charge is 0.354 e. The third-order valence-electron chi connectivity index (χ3n) is 2.39. The van der Waals surface area contributed by atoms with E-state index in [0.717, 1.165) is 0 Å². The molecule has 1 aliphatic rings. The SMILES string of the molecule is N#Cc1cnc(N2CCNC(=O)CC2)cn1. The molecule has 0 bridgehead atoms. The fraction of sp³-hybridized carbons (Fsp3) is 0.400. The van der Waals surface area contributed by atoms with Gasteiger partial charge in [-0.25, -0.2) is 9.97 Å². The molecule has 16 heavy (non-hydrogen) atoms. The van der Waals surface area contributed by atoms with E-state index in [1.807, 2.05) is 11.0 Å². The molecule has 0 aliphatic carbocycles. The van der Waals surface area contributed by atoms with E-state index in [4.69, 9.17) is 5.26 Å². The highest BCUT2D eigenvalue weighted by Crippen LogP contribution is 2.10. The molecule has 1 aliphatic heterocycles. The zero-order chi connectivity index (χ0) is 11.4. The number of carbonyl (C=O) groups excluding carboxylic acids is 1. The molecule has 1 fully saturated rings. The first-order valence-corrected chi connectivity index (χ1v) is 5.03. The lowest BCUT2D eigenvalue weighted by Crippen LogP contribution is -2.29. The Balaban J connectivity index is 2.11. The molecule has 6 heteroatoms. The minimum absolute atomic E-state index is 0.0594. The lowest BCUT2D eigenvalue weighted by Gasteiger charge is -2.19. The van der Waals surface area contributed by atoms with Crippen LogP contribution in [0.15, 0.2) is 12.4 Å². The van der Waals surface area contributed by atoms with Gasteiger partial charge in [0.25, 0.3) is 0 Å². The summed E-state index contributed by atoms with van der Waals surface area (Å²) >= 11 is 0. The summed E-state index contributed by atoms with van der Waals surface area (Å²) in [5.74, 6) is 0.764. The van der Waals surface area contributed by atoms with Gasteiger partial charge in [0.1, 0.15) is 11.9 Å². The van der Waals surface area contributed by atoms with Gasteiger partial charge in [-0.1, -0.05) is 0 Å². The molecule has 0 spiro atoms. The van der Waals surface area contributed by atoms with E-state index in [-0.39, 0.29) is 5.91 Å². The van der Waals surface area contributed by atoms with Gasteiger partial charge in [-0.3, -0.25) is 4.79 Å². The van der Waals surface area contributed by atoms with E-state index in [2.05, 4.69) is 15.3 Å². The number of hydrogen-bond acceptors (Lipinski definition) is 5. The van der Waals surface area contributed by atoms with Crippen molar-refractivity contribution in [1.29, 1.82) is 5.26 Å². The molecule has 0 unspecified atom stereocenters. The van der Waals surface area contributed by atoms with Crippen LogP contribution in [-0.4, -0.2) is 35.5 Å². The first-order chi connectivity index (χ1) is 7.79. The molecule has 82 valence electrons. The second-order valence-electron chi connectivity index (χ2n) is 3.46. The fourth-order valence-corrected chi connectivity index (χ4v) is 1.54. The smallest absolute Gasteiger partial charge is 0.221 e. The zero-order valence-corrected chi connectivity index (χ0v) is 8.68. The average molecular weight is 217 g/mol. The molecule has 1 aromatic rings. The van der Waals surface area contributed by atoms with Gasteiger partial charge in [-0.2, -0.15) is 5.26 Å². The molecule has 1 N–H and O–H groups in total. The monoisotopic (exact) mass is 217 g/mol. The number of rotatable bonds is 1. The Morgan fingerprint density at radius 1 is 1.38 bits per heavy atom. The van der Waals surface area contributed by atoms with Crippen LogP contribution in [0.4, 0.5) is 5.82 Å². The first-order valence-electron chi connectivity index (χ1n) is 5.03. The Kier molecular flexibility index (Phi) is 2.96. The van der Waals surface area contributed by atoms with E-state index in [9.17, 15) is 4.79 Å². The van der Waals surface area contributed by atoms with Crippen LogP contribution >= 0.6 is 0 Å². The van der Waals surface area contributed by atoms with Gasteiger partial charge in [0, 0.05) is 26.1 Å². The van der Waals surface area contributed by atoms with Crippen molar-refractivity contribution >= 4 is 11.7 Å².